The molecular formula is C11H17NO2. The van der Waals surface area contributed by atoms with Gasteiger partial charge in [-0.05, 0) is 25.7 Å². The SMILES string of the molecule is C#CCNC(=O)CCC1CCCCO1. The van der Waals surface area contributed by atoms with E-state index in [1.165, 1.54) is 6.42 Å². The molecule has 14 heavy (non-hydrogen) atoms. The summed E-state index contributed by atoms with van der Waals surface area (Å²) in [4.78, 5) is 11.2. The van der Waals surface area contributed by atoms with Gasteiger partial charge in [0.05, 0.1) is 12.6 Å². The molecule has 0 aliphatic carbocycles. The molecule has 1 aliphatic heterocycles. The summed E-state index contributed by atoms with van der Waals surface area (Å²) in [5.41, 5.74) is 0. The van der Waals surface area contributed by atoms with Gasteiger partial charge in [0.2, 0.25) is 5.91 Å². The van der Waals surface area contributed by atoms with E-state index in [0.717, 1.165) is 25.9 Å². The van der Waals surface area contributed by atoms with Gasteiger partial charge in [-0.25, -0.2) is 0 Å². The molecule has 1 amide bonds. The van der Waals surface area contributed by atoms with Crippen LogP contribution in [0.3, 0.4) is 0 Å². The first-order valence-electron chi connectivity index (χ1n) is 5.14. The van der Waals surface area contributed by atoms with Crippen LogP contribution in [0, 0.1) is 12.3 Å². The third-order valence-corrected chi connectivity index (χ3v) is 2.35. The van der Waals surface area contributed by atoms with E-state index in [-0.39, 0.29) is 12.0 Å². The lowest BCUT2D eigenvalue weighted by molar-refractivity contribution is -0.121. The quantitative estimate of drug-likeness (QED) is 0.682. The molecule has 3 heteroatoms. The summed E-state index contributed by atoms with van der Waals surface area (Å²) in [7, 11) is 0. The van der Waals surface area contributed by atoms with Crippen LogP contribution < -0.4 is 5.32 Å². The molecule has 1 saturated heterocycles. The molecule has 0 radical (unpaired) electrons. The van der Waals surface area contributed by atoms with Crippen LogP contribution in [0.25, 0.3) is 0 Å². The summed E-state index contributed by atoms with van der Waals surface area (Å²) < 4.78 is 5.51. The highest BCUT2D eigenvalue weighted by Crippen LogP contribution is 2.16. The standard InChI is InChI=1S/C11H17NO2/c1-2-8-12-11(13)7-6-10-5-3-4-9-14-10/h1,10H,3-9H2,(H,12,13). The number of hydrogen-bond donors (Lipinski definition) is 1. The lowest BCUT2D eigenvalue weighted by Gasteiger charge is -2.22. The Morgan fingerprint density at radius 3 is 3.07 bits per heavy atom. The number of ether oxygens (including phenoxy) is 1. The molecule has 0 aromatic heterocycles. The average molecular weight is 195 g/mol. The lowest BCUT2D eigenvalue weighted by Crippen LogP contribution is -2.26. The normalized spacial score (nSPS) is 21.2. The lowest BCUT2D eigenvalue weighted by atomic mass is 10.0. The van der Waals surface area contributed by atoms with Crippen LogP contribution in [0.1, 0.15) is 32.1 Å². The minimum atomic E-state index is 0.0251. The Bertz CT molecular complexity index is 214. The van der Waals surface area contributed by atoms with Gasteiger partial charge in [-0.1, -0.05) is 5.92 Å². The van der Waals surface area contributed by atoms with Crippen molar-refractivity contribution in [2.45, 2.75) is 38.2 Å². The van der Waals surface area contributed by atoms with Crippen molar-refractivity contribution in [3.05, 3.63) is 0 Å². The number of carbonyl (C=O) groups is 1. The molecule has 1 rings (SSSR count). The zero-order chi connectivity index (χ0) is 10.2. The minimum absolute atomic E-state index is 0.0251. The molecular weight excluding hydrogens is 178 g/mol. The fourth-order valence-corrected chi connectivity index (χ4v) is 1.57. The highest BCUT2D eigenvalue weighted by molar-refractivity contribution is 5.76. The maximum absolute atomic E-state index is 11.2. The van der Waals surface area contributed by atoms with Crippen LogP contribution in [-0.4, -0.2) is 25.2 Å². The van der Waals surface area contributed by atoms with Gasteiger partial charge < -0.3 is 10.1 Å². The van der Waals surface area contributed by atoms with Gasteiger partial charge in [0.1, 0.15) is 0 Å². The third kappa shape index (κ3) is 4.29. The molecule has 0 aromatic carbocycles. The average Bonchev–Trinajstić information content (AvgIpc) is 2.25. The second kappa shape index (κ2) is 6.44. The maximum Gasteiger partial charge on any atom is 0.220 e. The highest BCUT2D eigenvalue weighted by atomic mass is 16.5. The van der Waals surface area contributed by atoms with Crippen molar-refractivity contribution in [1.29, 1.82) is 0 Å². The Morgan fingerprint density at radius 1 is 1.57 bits per heavy atom. The molecule has 1 aliphatic rings. The third-order valence-electron chi connectivity index (χ3n) is 2.35. The summed E-state index contributed by atoms with van der Waals surface area (Å²) in [6.45, 7) is 1.17. The van der Waals surface area contributed by atoms with Crippen molar-refractivity contribution >= 4 is 5.91 Å². The Kier molecular flexibility index (Phi) is 5.09. The summed E-state index contributed by atoms with van der Waals surface area (Å²) in [5, 5.41) is 2.64. The zero-order valence-corrected chi connectivity index (χ0v) is 8.42. The van der Waals surface area contributed by atoms with Gasteiger partial charge in [0.25, 0.3) is 0 Å². The van der Waals surface area contributed by atoms with Crippen molar-refractivity contribution in [3.8, 4) is 12.3 Å². The minimum Gasteiger partial charge on any atom is -0.378 e. The van der Waals surface area contributed by atoms with Gasteiger partial charge in [0, 0.05) is 13.0 Å². The van der Waals surface area contributed by atoms with E-state index in [4.69, 9.17) is 11.2 Å². The van der Waals surface area contributed by atoms with E-state index in [1.807, 2.05) is 0 Å². The molecule has 0 bridgehead atoms. The predicted molar refractivity (Wildman–Crippen MR) is 54.7 cm³/mol. The van der Waals surface area contributed by atoms with Crippen LogP contribution in [0.4, 0.5) is 0 Å². The zero-order valence-electron chi connectivity index (χ0n) is 8.42. The Morgan fingerprint density at radius 2 is 2.43 bits per heavy atom. The summed E-state index contributed by atoms with van der Waals surface area (Å²) >= 11 is 0. The molecule has 0 saturated carbocycles. The van der Waals surface area contributed by atoms with E-state index in [1.54, 1.807) is 0 Å². The monoisotopic (exact) mass is 195 g/mol. The van der Waals surface area contributed by atoms with Gasteiger partial charge >= 0.3 is 0 Å². The van der Waals surface area contributed by atoms with Crippen LogP contribution in [-0.2, 0) is 9.53 Å². The second-order valence-corrected chi connectivity index (χ2v) is 3.51. The summed E-state index contributed by atoms with van der Waals surface area (Å²) in [6, 6.07) is 0. The van der Waals surface area contributed by atoms with E-state index < -0.39 is 0 Å². The molecule has 1 unspecified atom stereocenters. The highest BCUT2D eigenvalue weighted by Gasteiger charge is 2.14. The molecule has 1 N–H and O–H groups in total. The van der Waals surface area contributed by atoms with Gasteiger partial charge in [-0.3, -0.25) is 4.79 Å². The predicted octanol–water partition coefficient (Wildman–Crippen LogP) is 1.09. The van der Waals surface area contributed by atoms with Crippen LogP contribution in [0.2, 0.25) is 0 Å². The Labute approximate surface area is 85.2 Å². The van der Waals surface area contributed by atoms with Crippen LogP contribution in [0.15, 0.2) is 0 Å². The molecule has 0 spiro atoms. The number of carbonyl (C=O) groups excluding carboxylic acids is 1. The van der Waals surface area contributed by atoms with Crippen molar-refractivity contribution in [2.75, 3.05) is 13.2 Å². The number of terminal acetylenes is 1. The first kappa shape index (κ1) is 11.1. The first-order valence-corrected chi connectivity index (χ1v) is 5.14. The molecule has 78 valence electrons. The van der Waals surface area contributed by atoms with Gasteiger partial charge in [0.15, 0.2) is 0 Å². The smallest absolute Gasteiger partial charge is 0.220 e. The fraction of sp³-hybridized carbons (Fsp3) is 0.727. The molecule has 3 nitrogen and oxygen atoms in total. The molecule has 0 aromatic rings. The number of nitrogens with one attached hydrogen (secondary N) is 1. The number of hydrogen-bond acceptors (Lipinski definition) is 2. The molecule has 1 heterocycles. The Balaban J connectivity index is 2.07. The number of amides is 1. The van der Waals surface area contributed by atoms with E-state index in [9.17, 15) is 4.79 Å². The Hall–Kier alpha value is -1.01. The van der Waals surface area contributed by atoms with Crippen molar-refractivity contribution in [2.24, 2.45) is 0 Å². The van der Waals surface area contributed by atoms with Gasteiger partial charge in [-0.15, -0.1) is 6.42 Å². The largest absolute Gasteiger partial charge is 0.378 e. The topological polar surface area (TPSA) is 38.3 Å². The van der Waals surface area contributed by atoms with E-state index in [2.05, 4.69) is 11.2 Å². The van der Waals surface area contributed by atoms with Crippen LogP contribution >= 0.6 is 0 Å². The maximum atomic E-state index is 11.2. The van der Waals surface area contributed by atoms with Crippen molar-refractivity contribution in [3.63, 3.8) is 0 Å². The van der Waals surface area contributed by atoms with E-state index >= 15 is 0 Å². The van der Waals surface area contributed by atoms with Crippen LogP contribution in [0.5, 0.6) is 0 Å². The summed E-state index contributed by atoms with van der Waals surface area (Å²) in [6.07, 6.45) is 10.1. The van der Waals surface area contributed by atoms with Crippen molar-refractivity contribution in [1.82, 2.24) is 5.32 Å². The molecule has 1 fully saturated rings. The number of rotatable bonds is 4. The van der Waals surface area contributed by atoms with E-state index in [0.29, 0.717) is 13.0 Å². The van der Waals surface area contributed by atoms with Gasteiger partial charge in [-0.2, -0.15) is 0 Å². The summed E-state index contributed by atoms with van der Waals surface area (Å²) in [5.74, 6) is 2.40. The molecule has 1 atom stereocenters. The second-order valence-electron chi connectivity index (χ2n) is 3.51. The first-order chi connectivity index (χ1) is 6.83. The van der Waals surface area contributed by atoms with Crippen molar-refractivity contribution < 1.29 is 9.53 Å². The fourth-order valence-electron chi connectivity index (χ4n) is 1.57.